The van der Waals surface area contributed by atoms with Crippen molar-refractivity contribution >= 4 is 50.2 Å². The molecule has 2 N–H and O–H groups in total. The van der Waals surface area contributed by atoms with Crippen molar-refractivity contribution in [3.63, 3.8) is 0 Å². The molecule has 3 rings (SSSR count). The average Bonchev–Trinajstić information content (AvgIpc) is 3.22. The first kappa shape index (κ1) is 21.5. The first-order chi connectivity index (χ1) is 14.3. The van der Waals surface area contributed by atoms with Crippen LogP contribution in [0.1, 0.15) is 6.92 Å². The van der Waals surface area contributed by atoms with Crippen LogP contribution in [-0.2, 0) is 19.6 Å². The highest BCUT2D eigenvalue weighted by Crippen LogP contribution is 2.27. The molecule has 0 saturated carbocycles. The van der Waals surface area contributed by atoms with Crippen LogP contribution in [-0.4, -0.2) is 26.8 Å². The quantitative estimate of drug-likeness (QED) is 0.578. The Bertz CT molecular complexity index is 1150. The van der Waals surface area contributed by atoms with Gasteiger partial charge in [-0.25, -0.2) is 12.8 Å². The number of anilines is 3. The van der Waals surface area contributed by atoms with Crippen LogP contribution in [0.5, 0.6) is 0 Å². The van der Waals surface area contributed by atoms with Gasteiger partial charge in [-0.3, -0.25) is 13.9 Å². The topological polar surface area (TPSA) is 95.6 Å². The van der Waals surface area contributed by atoms with Crippen LogP contribution in [0.15, 0.2) is 70.3 Å². The maximum atomic E-state index is 13.3. The lowest BCUT2D eigenvalue weighted by Crippen LogP contribution is -2.37. The standard InChI is InChI=1S/C20H18FN3O4S2/c1-14(25)22-16-4-2-5-17(12-16)23-19(26)13-24(18-9-7-15(21)8-10-18)30(27,28)20-6-3-11-29-20/h2-12H,13H2,1H3,(H,22,25)(H,23,26). The molecule has 0 radical (unpaired) electrons. The molecule has 0 aliphatic rings. The van der Waals surface area contributed by atoms with Crippen LogP contribution in [0.3, 0.4) is 0 Å². The molecule has 1 aromatic heterocycles. The molecule has 3 aromatic rings. The number of hydrogen-bond acceptors (Lipinski definition) is 5. The minimum Gasteiger partial charge on any atom is -0.326 e. The number of halogens is 1. The molecule has 0 spiro atoms. The predicted octanol–water partition coefficient (Wildman–Crippen LogP) is 3.68. The normalized spacial score (nSPS) is 11.0. The van der Waals surface area contributed by atoms with Gasteiger partial charge in [-0.05, 0) is 53.9 Å². The summed E-state index contributed by atoms with van der Waals surface area (Å²) < 4.78 is 40.4. The van der Waals surface area contributed by atoms with E-state index < -0.39 is 28.3 Å². The van der Waals surface area contributed by atoms with E-state index in [1.54, 1.807) is 35.7 Å². The van der Waals surface area contributed by atoms with Gasteiger partial charge in [0.2, 0.25) is 11.8 Å². The smallest absolute Gasteiger partial charge is 0.274 e. The summed E-state index contributed by atoms with van der Waals surface area (Å²) in [6.07, 6.45) is 0. The van der Waals surface area contributed by atoms with Gasteiger partial charge in [0, 0.05) is 18.3 Å². The molecule has 0 aliphatic heterocycles. The summed E-state index contributed by atoms with van der Waals surface area (Å²) in [7, 11) is -4.02. The lowest BCUT2D eigenvalue weighted by molar-refractivity contribution is -0.115. The molecule has 0 saturated heterocycles. The molecule has 0 unspecified atom stereocenters. The van der Waals surface area contributed by atoms with Crippen molar-refractivity contribution in [1.82, 2.24) is 0 Å². The summed E-state index contributed by atoms with van der Waals surface area (Å²) in [5.74, 6) is -1.38. The highest BCUT2D eigenvalue weighted by molar-refractivity contribution is 7.94. The van der Waals surface area contributed by atoms with Gasteiger partial charge in [-0.15, -0.1) is 11.3 Å². The molecule has 0 aliphatic carbocycles. The molecule has 156 valence electrons. The molecule has 0 bridgehead atoms. The Morgan fingerprint density at radius 2 is 1.67 bits per heavy atom. The zero-order valence-corrected chi connectivity index (χ0v) is 17.5. The van der Waals surface area contributed by atoms with Gasteiger partial charge >= 0.3 is 0 Å². The van der Waals surface area contributed by atoms with Crippen molar-refractivity contribution in [3.8, 4) is 0 Å². The van der Waals surface area contributed by atoms with Crippen LogP contribution < -0.4 is 14.9 Å². The van der Waals surface area contributed by atoms with E-state index in [2.05, 4.69) is 10.6 Å². The fourth-order valence-electron chi connectivity index (χ4n) is 2.65. The number of carbonyl (C=O) groups is 2. The Balaban J connectivity index is 1.85. The summed E-state index contributed by atoms with van der Waals surface area (Å²) in [6.45, 7) is 0.845. The molecule has 2 aromatic carbocycles. The minimum atomic E-state index is -4.02. The van der Waals surface area contributed by atoms with Gasteiger partial charge in [0.1, 0.15) is 16.6 Å². The summed E-state index contributed by atoms with van der Waals surface area (Å²) in [5, 5.41) is 6.83. The van der Waals surface area contributed by atoms with Crippen molar-refractivity contribution in [1.29, 1.82) is 0 Å². The number of carbonyl (C=O) groups excluding carboxylic acids is 2. The first-order valence-electron chi connectivity index (χ1n) is 8.75. The molecular formula is C20H18FN3O4S2. The van der Waals surface area contributed by atoms with Crippen molar-refractivity contribution in [2.45, 2.75) is 11.1 Å². The van der Waals surface area contributed by atoms with E-state index in [4.69, 9.17) is 0 Å². The fourth-order valence-corrected chi connectivity index (χ4v) is 5.18. The molecule has 2 amide bonds. The van der Waals surface area contributed by atoms with Crippen LogP contribution in [0.25, 0.3) is 0 Å². The second-order valence-corrected chi connectivity index (χ2v) is 9.27. The SMILES string of the molecule is CC(=O)Nc1cccc(NC(=O)CN(c2ccc(F)cc2)S(=O)(=O)c2cccs2)c1. The van der Waals surface area contributed by atoms with Gasteiger partial charge in [0.05, 0.1) is 5.69 Å². The zero-order valence-electron chi connectivity index (χ0n) is 15.8. The number of hydrogen-bond donors (Lipinski definition) is 2. The van der Waals surface area contributed by atoms with Gasteiger partial charge in [0.25, 0.3) is 10.0 Å². The third-order valence-corrected chi connectivity index (χ3v) is 7.05. The van der Waals surface area contributed by atoms with E-state index in [1.165, 1.54) is 25.1 Å². The van der Waals surface area contributed by atoms with Crippen molar-refractivity contribution in [3.05, 3.63) is 71.9 Å². The van der Waals surface area contributed by atoms with Crippen molar-refractivity contribution < 1.29 is 22.4 Å². The Morgan fingerprint density at radius 3 is 2.27 bits per heavy atom. The van der Waals surface area contributed by atoms with Gasteiger partial charge in [-0.1, -0.05) is 12.1 Å². The number of thiophene rings is 1. The highest BCUT2D eigenvalue weighted by atomic mass is 32.2. The van der Waals surface area contributed by atoms with E-state index >= 15 is 0 Å². The Hall–Kier alpha value is -3.24. The molecule has 0 atom stereocenters. The maximum absolute atomic E-state index is 13.3. The summed E-state index contributed by atoms with van der Waals surface area (Å²) in [6, 6.07) is 14.3. The summed E-state index contributed by atoms with van der Waals surface area (Å²) >= 11 is 1.02. The van der Waals surface area contributed by atoms with Gasteiger partial charge in [0.15, 0.2) is 0 Å². The van der Waals surface area contributed by atoms with Crippen molar-refractivity contribution in [2.24, 2.45) is 0 Å². The minimum absolute atomic E-state index is 0.0623. The van der Waals surface area contributed by atoms with E-state index in [0.29, 0.717) is 11.4 Å². The molecule has 1 heterocycles. The van der Waals surface area contributed by atoms with E-state index in [1.807, 2.05) is 0 Å². The van der Waals surface area contributed by atoms with E-state index in [0.717, 1.165) is 27.8 Å². The number of nitrogens with zero attached hydrogens (tertiary/aromatic N) is 1. The van der Waals surface area contributed by atoms with Gasteiger partial charge < -0.3 is 10.6 Å². The zero-order chi connectivity index (χ0) is 21.7. The van der Waals surface area contributed by atoms with Crippen LogP contribution in [0.2, 0.25) is 0 Å². The Morgan fingerprint density at radius 1 is 1.00 bits per heavy atom. The number of rotatable bonds is 7. The maximum Gasteiger partial charge on any atom is 0.274 e. The van der Waals surface area contributed by atoms with E-state index in [9.17, 15) is 22.4 Å². The second kappa shape index (κ2) is 9.06. The summed E-state index contributed by atoms with van der Waals surface area (Å²) in [4.78, 5) is 23.8. The average molecular weight is 448 g/mol. The first-order valence-corrected chi connectivity index (χ1v) is 11.1. The number of amides is 2. The molecule has 7 nitrogen and oxygen atoms in total. The summed E-state index contributed by atoms with van der Waals surface area (Å²) in [5.41, 5.74) is 1.03. The van der Waals surface area contributed by atoms with Crippen molar-refractivity contribution in [2.75, 3.05) is 21.5 Å². The predicted molar refractivity (Wildman–Crippen MR) is 115 cm³/mol. The fraction of sp³-hybridized carbons (Fsp3) is 0.100. The lowest BCUT2D eigenvalue weighted by atomic mass is 10.2. The third kappa shape index (κ3) is 5.22. The molecule has 0 fully saturated rings. The highest BCUT2D eigenvalue weighted by Gasteiger charge is 2.28. The molecular weight excluding hydrogens is 429 g/mol. The monoisotopic (exact) mass is 447 g/mol. The Kier molecular flexibility index (Phi) is 6.48. The lowest BCUT2D eigenvalue weighted by Gasteiger charge is -2.23. The largest absolute Gasteiger partial charge is 0.326 e. The molecule has 10 heteroatoms. The Labute approximate surface area is 177 Å². The van der Waals surface area contributed by atoms with Crippen LogP contribution in [0.4, 0.5) is 21.5 Å². The third-order valence-electron chi connectivity index (χ3n) is 3.91. The second-order valence-electron chi connectivity index (χ2n) is 6.23. The van der Waals surface area contributed by atoms with Crippen LogP contribution in [0, 0.1) is 5.82 Å². The number of benzene rings is 2. The van der Waals surface area contributed by atoms with Crippen LogP contribution >= 0.6 is 11.3 Å². The van der Waals surface area contributed by atoms with E-state index in [-0.39, 0.29) is 15.8 Å². The number of nitrogens with one attached hydrogen (secondary N) is 2. The number of sulfonamides is 1. The molecule has 30 heavy (non-hydrogen) atoms. The van der Waals surface area contributed by atoms with Gasteiger partial charge in [-0.2, -0.15) is 0 Å².